The first-order valence-corrected chi connectivity index (χ1v) is 9.89. The zero-order valence-corrected chi connectivity index (χ0v) is 17.2. The Balaban J connectivity index is 1.70. The van der Waals surface area contributed by atoms with Crippen LogP contribution in [0.25, 0.3) is 27.8 Å². The van der Waals surface area contributed by atoms with Gasteiger partial charge in [-0.2, -0.15) is 0 Å². The molecule has 0 bridgehead atoms. The molecule has 0 aliphatic rings. The third-order valence-corrected chi connectivity index (χ3v) is 4.44. The molecule has 0 N–H and O–H groups in total. The van der Waals surface area contributed by atoms with E-state index < -0.39 is 0 Å². The second-order valence-electron chi connectivity index (χ2n) is 7.56. The minimum atomic E-state index is 0.140. The van der Waals surface area contributed by atoms with Gasteiger partial charge in [0.25, 0.3) is 0 Å². The van der Waals surface area contributed by atoms with Gasteiger partial charge in [0.05, 0.1) is 23.4 Å². The van der Waals surface area contributed by atoms with Crippen LogP contribution in [0.3, 0.4) is 0 Å². The van der Waals surface area contributed by atoms with Crippen LogP contribution >= 0.6 is 0 Å². The lowest BCUT2D eigenvalue weighted by Crippen LogP contribution is -2.05. The van der Waals surface area contributed by atoms with Crippen molar-refractivity contribution in [2.24, 2.45) is 0 Å². The lowest BCUT2D eigenvalue weighted by Gasteiger charge is -2.11. The number of hydrogen-bond donors (Lipinski definition) is 0. The van der Waals surface area contributed by atoms with Crippen molar-refractivity contribution in [3.63, 3.8) is 0 Å². The number of aromatic nitrogens is 3. The number of fused-ring (bicyclic) bond motifs is 1. The zero-order valence-electron chi connectivity index (χ0n) is 17.2. The van der Waals surface area contributed by atoms with Crippen LogP contribution in [0.1, 0.15) is 27.7 Å². The van der Waals surface area contributed by atoms with Crippen LogP contribution in [0.15, 0.2) is 66.7 Å². The van der Waals surface area contributed by atoms with Gasteiger partial charge in [-0.25, -0.2) is 4.68 Å². The summed E-state index contributed by atoms with van der Waals surface area (Å²) in [6.07, 6.45) is 0.284. The maximum atomic E-state index is 5.84. The minimum absolute atomic E-state index is 0.140. The van der Waals surface area contributed by atoms with E-state index in [0.717, 1.165) is 39.3 Å². The molecule has 1 heterocycles. The summed E-state index contributed by atoms with van der Waals surface area (Å²) in [5.74, 6) is 1.71. The van der Waals surface area contributed by atoms with E-state index in [1.54, 1.807) is 0 Å². The fourth-order valence-electron chi connectivity index (χ4n) is 3.25. The molecule has 0 aliphatic heterocycles. The molecule has 0 aliphatic carbocycles. The Kier molecular flexibility index (Phi) is 5.21. The molecule has 0 saturated carbocycles. The third kappa shape index (κ3) is 4.24. The summed E-state index contributed by atoms with van der Waals surface area (Å²) in [4.78, 5) is 0. The molecule has 0 spiro atoms. The van der Waals surface area contributed by atoms with Crippen LogP contribution in [0.4, 0.5) is 0 Å². The zero-order chi connectivity index (χ0) is 20.4. The Labute approximate surface area is 170 Å². The highest BCUT2D eigenvalue weighted by atomic mass is 16.5. The molecule has 4 aromatic rings. The summed E-state index contributed by atoms with van der Waals surface area (Å²) >= 11 is 0. The second-order valence-corrected chi connectivity index (χ2v) is 7.56. The fraction of sp³-hybridized carbons (Fsp3) is 0.250. The molecule has 29 heavy (non-hydrogen) atoms. The molecule has 3 aromatic carbocycles. The number of benzene rings is 3. The largest absolute Gasteiger partial charge is 0.491 e. The first-order valence-electron chi connectivity index (χ1n) is 9.89. The quantitative estimate of drug-likeness (QED) is 0.428. The Bertz CT molecular complexity index is 1110. The first kappa shape index (κ1) is 19.0. The molecule has 5 nitrogen and oxygen atoms in total. The summed E-state index contributed by atoms with van der Waals surface area (Å²) in [5.41, 5.74) is 4.94. The van der Waals surface area contributed by atoms with Crippen LogP contribution < -0.4 is 9.47 Å². The smallest absolute Gasteiger partial charge is 0.120 e. The van der Waals surface area contributed by atoms with E-state index in [2.05, 4.69) is 34.6 Å². The van der Waals surface area contributed by atoms with Crippen molar-refractivity contribution < 1.29 is 9.47 Å². The molecule has 148 valence electrons. The van der Waals surface area contributed by atoms with Crippen LogP contribution in [0.2, 0.25) is 0 Å². The molecule has 0 unspecified atom stereocenters. The minimum Gasteiger partial charge on any atom is -0.491 e. The lowest BCUT2D eigenvalue weighted by molar-refractivity contribution is 0.242. The summed E-state index contributed by atoms with van der Waals surface area (Å²) in [6, 6.07) is 22.2. The van der Waals surface area contributed by atoms with Crippen molar-refractivity contribution in [2.75, 3.05) is 0 Å². The number of ether oxygens (including phenoxy) is 2. The molecule has 1 aromatic heterocycles. The van der Waals surface area contributed by atoms with E-state index in [4.69, 9.17) is 9.47 Å². The highest BCUT2D eigenvalue weighted by Crippen LogP contribution is 2.28. The van der Waals surface area contributed by atoms with Gasteiger partial charge in [-0.15, -0.1) is 5.10 Å². The SMILES string of the molecule is CC(C)Oc1ccc(-n2nnc3ccc(-c4cccc(OC(C)C)c4)cc32)cc1. The van der Waals surface area contributed by atoms with Crippen molar-refractivity contribution >= 4 is 11.0 Å². The van der Waals surface area contributed by atoms with Gasteiger partial charge in [0.15, 0.2) is 0 Å². The average molecular weight is 387 g/mol. The van der Waals surface area contributed by atoms with E-state index in [-0.39, 0.29) is 12.2 Å². The summed E-state index contributed by atoms with van der Waals surface area (Å²) < 4.78 is 13.4. The molecule has 0 fully saturated rings. The van der Waals surface area contributed by atoms with E-state index in [0.29, 0.717) is 0 Å². The highest BCUT2D eigenvalue weighted by molar-refractivity contribution is 5.83. The van der Waals surface area contributed by atoms with E-state index in [1.165, 1.54) is 0 Å². The molecule has 4 rings (SSSR count). The predicted octanol–water partition coefficient (Wildman–Crippen LogP) is 5.66. The van der Waals surface area contributed by atoms with Crippen molar-refractivity contribution in [1.82, 2.24) is 15.0 Å². The molecular weight excluding hydrogens is 362 g/mol. The number of rotatable bonds is 6. The second kappa shape index (κ2) is 7.95. The van der Waals surface area contributed by atoms with Crippen LogP contribution in [-0.4, -0.2) is 27.2 Å². The van der Waals surface area contributed by atoms with Crippen LogP contribution in [0.5, 0.6) is 11.5 Å². The van der Waals surface area contributed by atoms with Gasteiger partial charge in [0.1, 0.15) is 17.0 Å². The maximum Gasteiger partial charge on any atom is 0.120 e. The Morgan fingerprint density at radius 3 is 2.14 bits per heavy atom. The molecule has 0 saturated heterocycles. The highest BCUT2D eigenvalue weighted by Gasteiger charge is 2.10. The maximum absolute atomic E-state index is 5.84. The predicted molar refractivity (Wildman–Crippen MR) is 116 cm³/mol. The van der Waals surface area contributed by atoms with Crippen molar-refractivity contribution in [3.05, 3.63) is 66.7 Å². The van der Waals surface area contributed by atoms with Gasteiger partial charge in [0.2, 0.25) is 0 Å². The number of nitrogens with zero attached hydrogens (tertiary/aromatic N) is 3. The first-order chi connectivity index (χ1) is 14.0. The standard InChI is InChI=1S/C24H25N3O2/c1-16(2)28-21-11-9-20(10-12-21)27-24-15-19(8-13-23(24)25-26-27)18-6-5-7-22(14-18)29-17(3)4/h5-17H,1-4H3. The number of hydrogen-bond acceptors (Lipinski definition) is 4. The van der Waals surface area contributed by atoms with Crippen molar-refractivity contribution in [2.45, 2.75) is 39.9 Å². The Hall–Kier alpha value is -3.34. The van der Waals surface area contributed by atoms with Gasteiger partial charge in [-0.05, 0) is 87.4 Å². The van der Waals surface area contributed by atoms with E-state index in [9.17, 15) is 0 Å². The molecular formula is C24H25N3O2. The summed E-state index contributed by atoms with van der Waals surface area (Å²) in [7, 11) is 0. The van der Waals surface area contributed by atoms with Gasteiger partial charge in [-0.3, -0.25) is 0 Å². The molecule has 0 atom stereocenters. The molecule has 5 heteroatoms. The monoisotopic (exact) mass is 387 g/mol. The average Bonchev–Trinajstić information content (AvgIpc) is 3.11. The van der Waals surface area contributed by atoms with E-state index >= 15 is 0 Å². The van der Waals surface area contributed by atoms with Crippen LogP contribution in [-0.2, 0) is 0 Å². The van der Waals surface area contributed by atoms with Gasteiger partial charge >= 0.3 is 0 Å². The normalized spacial score (nSPS) is 11.4. The lowest BCUT2D eigenvalue weighted by atomic mass is 10.0. The van der Waals surface area contributed by atoms with E-state index in [1.807, 2.05) is 74.8 Å². The van der Waals surface area contributed by atoms with Crippen molar-refractivity contribution in [1.29, 1.82) is 0 Å². The van der Waals surface area contributed by atoms with Gasteiger partial charge in [-0.1, -0.05) is 23.4 Å². The third-order valence-electron chi connectivity index (χ3n) is 4.44. The topological polar surface area (TPSA) is 49.2 Å². The summed E-state index contributed by atoms with van der Waals surface area (Å²) in [5, 5.41) is 8.66. The van der Waals surface area contributed by atoms with Gasteiger partial charge in [0, 0.05) is 0 Å². The Morgan fingerprint density at radius 2 is 1.41 bits per heavy atom. The molecule has 0 amide bonds. The summed E-state index contributed by atoms with van der Waals surface area (Å²) in [6.45, 7) is 8.09. The van der Waals surface area contributed by atoms with Crippen molar-refractivity contribution in [3.8, 4) is 28.3 Å². The van der Waals surface area contributed by atoms with Crippen LogP contribution in [0, 0.1) is 0 Å². The Morgan fingerprint density at radius 1 is 0.724 bits per heavy atom. The van der Waals surface area contributed by atoms with Gasteiger partial charge < -0.3 is 9.47 Å². The fourth-order valence-corrected chi connectivity index (χ4v) is 3.25. The molecule has 0 radical (unpaired) electrons.